The molecule has 3 heteroatoms. The molecule has 2 aromatic carbocycles. The number of aliphatic hydroxyl groups is 1. The molecule has 1 N–H and O–H groups in total. The second-order valence-corrected chi connectivity index (χ2v) is 7.80. The zero-order chi connectivity index (χ0) is 20.2. The molecule has 1 saturated carbocycles. The molecular formula is C26H26FNO. The van der Waals surface area contributed by atoms with Crippen LogP contribution in [0.3, 0.4) is 0 Å². The summed E-state index contributed by atoms with van der Waals surface area (Å²) < 4.78 is 13.6. The SMILES string of the molecule is C=C(O)CCCC/C=C/c1c(C2CC2)nc2ccccc2c1-c1ccc(F)cc1. The maximum atomic E-state index is 13.6. The van der Waals surface area contributed by atoms with Crippen molar-refractivity contribution < 1.29 is 9.50 Å². The van der Waals surface area contributed by atoms with Crippen LogP contribution in [0.25, 0.3) is 28.1 Å². The van der Waals surface area contributed by atoms with E-state index < -0.39 is 0 Å². The first-order chi connectivity index (χ1) is 14.1. The lowest BCUT2D eigenvalue weighted by Crippen LogP contribution is -1.98. The molecule has 4 rings (SSSR count). The van der Waals surface area contributed by atoms with Crippen LogP contribution in [0.15, 0.2) is 66.9 Å². The molecule has 0 aliphatic heterocycles. The van der Waals surface area contributed by atoms with Crippen molar-refractivity contribution in [2.24, 2.45) is 0 Å². The predicted octanol–water partition coefficient (Wildman–Crippen LogP) is 7.56. The number of hydrogen-bond acceptors (Lipinski definition) is 2. The Morgan fingerprint density at radius 3 is 2.59 bits per heavy atom. The molecule has 1 heterocycles. The third-order valence-corrected chi connectivity index (χ3v) is 5.43. The molecule has 148 valence electrons. The van der Waals surface area contributed by atoms with Crippen molar-refractivity contribution >= 4 is 17.0 Å². The molecule has 3 aromatic rings. The van der Waals surface area contributed by atoms with Gasteiger partial charge in [-0.3, -0.25) is 4.98 Å². The number of benzene rings is 2. The third kappa shape index (κ3) is 4.56. The number of rotatable bonds is 8. The molecule has 2 nitrogen and oxygen atoms in total. The summed E-state index contributed by atoms with van der Waals surface area (Å²) in [6.45, 7) is 3.54. The standard InChI is InChI=1S/C26H26FNO/c1-18(29)8-4-2-3-5-10-23-25(19-14-16-21(27)17-15-19)22-9-6-7-11-24(22)28-26(23)20-12-13-20/h5-7,9-11,14-17,20,29H,1-4,8,12-13H2/b10-5+. The van der Waals surface area contributed by atoms with Crippen LogP contribution in [0, 0.1) is 5.82 Å². The first-order valence-electron chi connectivity index (χ1n) is 10.4. The van der Waals surface area contributed by atoms with Gasteiger partial charge in [0.05, 0.1) is 17.0 Å². The second-order valence-electron chi connectivity index (χ2n) is 7.80. The highest BCUT2D eigenvalue weighted by atomic mass is 19.1. The summed E-state index contributed by atoms with van der Waals surface area (Å²) in [5, 5.41) is 10.3. The lowest BCUT2D eigenvalue weighted by Gasteiger charge is -2.15. The topological polar surface area (TPSA) is 33.1 Å². The van der Waals surface area contributed by atoms with Gasteiger partial charge in [-0.25, -0.2) is 4.39 Å². The van der Waals surface area contributed by atoms with Crippen LogP contribution in [0.1, 0.15) is 55.7 Å². The van der Waals surface area contributed by atoms with Gasteiger partial charge in [0.25, 0.3) is 0 Å². The van der Waals surface area contributed by atoms with Crippen molar-refractivity contribution in [2.75, 3.05) is 0 Å². The smallest absolute Gasteiger partial charge is 0.123 e. The summed E-state index contributed by atoms with van der Waals surface area (Å²) in [4.78, 5) is 5.01. The Labute approximate surface area is 171 Å². The van der Waals surface area contributed by atoms with Gasteiger partial charge < -0.3 is 5.11 Å². The van der Waals surface area contributed by atoms with E-state index in [2.05, 4.69) is 30.9 Å². The lowest BCUT2D eigenvalue weighted by molar-refractivity contribution is 0.385. The van der Waals surface area contributed by atoms with Crippen LogP contribution < -0.4 is 0 Å². The van der Waals surface area contributed by atoms with Crippen LogP contribution in [0.2, 0.25) is 0 Å². The van der Waals surface area contributed by atoms with Crippen LogP contribution in [-0.4, -0.2) is 10.1 Å². The van der Waals surface area contributed by atoms with Crippen LogP contribution in [0.5, 0.6) is 0 Å². The van der Waals surface area contributed by atoms with Gasteiger partial charge in [0.1, 0.15) is 5.82 Å². The summed E-state index contributed by atoms with van der Waals surface area (Å²) in [7, 11) is 0. The van der Waals surface area contributed by atoms with Crippen LogP contribution in [0.4, 0.5) is 4.39 Å². The Balaban J connectivity index is 1.76. The van der Waals surface area contributed by atoms with E-state index in [4.69, 9.17) is 4.98 Å². The van der Waals surface area contributed by atoms with E-state index in [1.807, 2.05) is 24.3 Å². The molecule has 0 spiro atoms. The Morgan fingerprint density at radius 1 is 1.10 bits per heavy atom. The number of hydrogen-bond donors (Lipinski definition) is 1. The minimum atomic E-state index is -0.225. The first-order valence-corrected chi connectivity index (χ1v) is 10.4. The van der Waals surface area contributed by atoms with Crippen LogP contribution in [-0.2, 0) is 0 Å². The average Bonchev–Trinajstić information content (AvgIpc) is 3.55. The van der Waals surface area contributed by atoms with Gasteiger partial charge >= 0.3 is 0 Å². The van der Waals surface area contributed by atoms with Gasteiger partial charge in [-0.15, -0.1) is 0 Å². The van der Waals surface area contributed by atoms with E-state index in [1.54, 1.807) is 0 Å². The Bertz CT molecular complexity index is 1050. The minimum Gasteiger partial charge on any atom is -0.513 e. The third-order valence-electron chi connectivity index (χ3n) is 5.43. The summed E-state index contributed by atoms with van der Waals surface area (Å²) in [6, 6.07) is 15.0. The van der Waals surface area contributed by atoms with E-state index in [9.17, 15) is 9.50 Å². The van der Waals surface area contributed by atoms with Crippen LogP contribution >= 0.6 is 0 Å². The van der Waals surface area contributed by atoms with Gasteiger partial charge in [0.2, 0.25) is 0 Å². The fraction of sp³-hybridized carbons (Fsp3) is 0.269. The van der Waals surface area contributed by atoms with Crippen molar-refractivity contribution in [2.45, 2.75) is 44.4 Å². The van der Waals surface area contributed by atoms with E-state index in [1.165, 1.54) is 25.0 Å². The van der Waals surface area contributed by atoms with Gasteiger partial charge in [-0.1, -0.05) is 49.1 Å². The second kappa shape index (κ2) is 8.60. The van der Waals surface area contributed by atoms with Crippen molar-refractivity contribution in [3.8, 4) is 11.1 Å². The summed E-state index contributed by atoms with van der Waals surface area (Å²) in [5.74, 6) is 0.538. The fourth-order valence-electron chi connectivity index (χ4n) is 3.80. The monoisotopic (exact) mass is 387 g/mol. The Kier molecular flexibility index (Phi) is 5.75. The maximum absolute atomic E-state index is 13.6. The molecule has 29 heavy (non-hydrogen) atoms. The molecule has 0 radical (unpaired) electrons. The molecular weight excluding hydrogens is 361 g/mol. The molecule has 0 bridgehead atoms. The number of pyridine rings is 1. The molecule has 0 saturated heterocycles. The fourth-order valence-corrected chi connectivity index (χ4v) is 3.80. The Hall–Kier alpha value is -2.94. The van der Waals surface area contributed by atoms with Crippen molar-refractivity contribution in [1.29, 1.82) is 0 Å². The molecule has 1 fully saturated rings. The van der Waals surface area contributed by atoms with Crippen molar-refractivity contribution in [1.82, 2.24) is 4.98 Å². The van der Waals surface area contributed by atoms with Crippen molar-refractivity contribution in [3.63, 3.8) is 0 Å². The summed E-state index contributed by atoms with van der Waals surface area (Å²) >= 11 is 0. The quantitative estimate of drug-likeness (QED) is 0.319. The van der Waals surface area contributed by atoms with Crippen molar-refractivity contribution in [3.05, 3.63) is 84.0 Å². The first kappa shape index (κ1) is 19.4. The molecule has 0 unspecified atom stereocenters. The number of unbranched alkanes of at least 4 members (excludes halogenated alkanes) is 2. The van der Waals surface area contributed by atoms with E-state index in [-0.39, 0.29) is 11.6 Å². The highest BCUT2D eigenvalue weighted by molar-refractivity contribution is 5.99. The Morgan fingerprint density at radius 2 is 1.86 bits per heavy atom. The normalized spacial score (nSPS) is 14.0. The van der Waals surface area contributed by atoms with Gasteiger partial charge in [0.15, 0.2) is 0 Å². The largest absolute Gasteiger partial charge is 0.513 e. The van der Waals surface area contributed by atoms with E-state index in [0.717, 1.165) is 52.5 Å². The number of fused-ring (bicyclic) bond motifs is 1. The zero-order valence-corrected chi connectivity index (χ0v) is 16.6. The zero-order valence-electron chi connectivity index (χ0n) is 16.6. The van der Waals surface area contributed by atoms with E-state index >= 15 is 0 Å². The number of halogens is 1. The highest BCUT2D eigenvalue weighted by Gasteiger charge is 2.29. The molecule has 1 aliphatic carbocycles. The molecule has 0 amide bonds. The summed E-state index contributed by atoms with van der Waals surface area (Å²) in [5.41, 5.74) is 5.46. The number of aromatic nitrogens is 1. The molecule has 1 aromatic heterocycles. The maximum Gasteiger partial charge on any atom is 0.123 e. The highest BCUT2D eigenvalue weighted by Crippen LogP contribution is 2.45. The number of aliphatic hydroxyl groups excluding tert-OH is 1. The minimum absolute atomic E-state index is 0.225. The molecule has 1 aliphatic rings. The van der Waals surface area contributed by atoms with Gasteiger partial charge in [0, 0.05) is 28.9 Å². The van der Waals surface area contributed by atoms with E-state index in [0.29, 0.717) is 12.3 Å². The summed E-state index contributed by atoms with van der Waals surface area (Å²) in [6.07, 6.45) is 10.3. The average molecular weight is 387 g/mol. The van der Waals surface area contributed by atoms with Gasteiger partial charge in [-0.2, -0.15) is 0 Å². The predicted molar refractivity (Wildman–Crippen MR) is 118 cm³/mol. The number of para-hydroxylation sites is 1. The number of allylic oxidation sites excluding steroid dienone is 2. The number of nitrogens with zero attached hydrogens (tertiary/aromatic N) is 1. The van der Waals surface area contributed by atoms with Gasteiger partial charge in [-0.05, 0) is 55.9 Å². The lowest BCUT2D eigenvalue weighted by atomic mass is 9.92. The molecule has 0 atom stereocenters.